The lowest BCUT2D eigenvalue weighted by atomic mass is 10.0. The summed E-state index contributed by atoms with van der Waals surface area (Å²) in [5.41, 5.74) is 2.47. The lowest BCUT2D eigenvalue weighted by molar-refractivity contribution is -0.123. The molecule has 180 valence electrons. The van der Waals surface area contributed by atoms with Crippen LogP contribution in [0.1, 0.15) is 36.6 Å². The van der Waals surface area contributed by atoms with Gasteiger partial charge in [0.15, 0.2) is 0 Å². The first-order valence-electron chi connectivity index (χ1n) is 11.0. The zero-order valence-electron chi connectivity index (χ0n) is 19.4. The Morgan fingerprint density at radius 3 is 2.32 bits per heavy atom. The van der Waals surface area contributed by atoms with E-state index in [0.717, 1.165) is 15.6 Å². The third-order valence-electron chi connectivity index (χ3n) is 5.38. The number of hydrogen-bond acceptors (Lipinski definition) is 4. The lowest BCUT2D eigenvalue weighted by Gasteiger charge is -2.22. The normalized spacial score (nSPS) is 13.2. The summed E-state index contributed by atoms with van der Waals surface area (Å²) >= 11 is 3.41. The van der Waals surface area contributed by atoms with Crippen molar-refractivity contribution in [3.05, 3.63) is 94.0 Å². The second kappa shape index (κ2) is 11.6. The van der Waals surface area contributed by atoms with Gasteiger partial charge in [0.05, 0.1) is 17.5 Å². The van der Waals surface area contributed by atoms with Crippen molar-refractivity contribution in [2.45, 2.75) is 44.2 Å². The minimum Gasteiger partial charge on any atom is -0.494 e. The topological polar surface area (TPSA) is 84.5 Å². The predicted molar refractivity (Wildman–Crippen MR) is 137 cm³/mol. The number of amides is 1. The van der Waals surface area contributed by atoms with Gasteiger partial charge in [0, 0.05) is 4.47 Å². The molecule has 0 saturated carbocycles. The molecule has 0 aromatic heterocycles. The number of hydrogen-bond donors (Lipinski definition) is 2. The molecule has 8 heteroatoms. The van der Waals surface area contributed by atoms with E-state index in [2.05, 4.69) is 26.0 Å². The Bertz CT molecular complexity index is 1220. The summed E-state index contributed by atoms with van der Waals surface area (Å²) in [5.74, 6) is 0.230. The Hall–Kier alpha value is -2.68. The second-order valence-corrected chi connectivity index (χ2v) is 10.6. The fraction of sp³-hybridized carbons (Fsp3) is 0.269. The van der Waals surface area contributed by atoms with Gasteiger partial charge in [0.25, 0.3) is 0 Å². The van der Waals surface area contributed by atoms with Crippen molar-refractivity contribution in [1.29, 1.82) is 0 Å². The maximum Gasteiger partial charge on any atom is 0.241 e. The predicted octanol–water partition coefficient (Wildman–Crippen LogP) is 4.92. The van der Waals surface area contributed by atoms with E-state index >= 15 is 0 Å². The first-order valence-corrected chi connectivity index (χ1v) is 13.3. The van der Waals surface area contributed by atoms with Crippen molar-refractivity contribution in [2.75, 3.05) is 6.61 Å². The number of sulfonamides is 1. The molecular formula is C26H29BrN2O4S. The Morgan fingerprint density at radius 1 is 1.03 bits per heavy atom. The lowest BCUT2D eigenvalue weighted by Crippen LogP contribution is -2.48. The monoisotopic (exact) mass is 544 g/mol. The molecule has 3 aromatic rings. The van der Waals surface area contributed by atoms with Crippen LogP contribution in [0.2, 0.25) is 0 Å². The van der Waals surface area contributed by atoms with Crippen LogP contribution in [0.3, 0.4) is 0 Å². The van der Waals surface area contributed by atoms with Gasteiger partial charge < -0.3 is 10.1 Å². The van der Waals surface area contributed by atoms with E-state index in [1.165, 1.54) is 6.07 Å². The van der Waals surface area contributed by atoms with Gasteiger partial charge in [-0.1, -0.05) is 58.4 Å². The molecule has 3 rings (SSSR count). The minimum atomic E-state index is -3.96. The van der Waals surface area contributed by atoms with Gasteiger partial charge >= 0.3 is 0 Å². The minimum absolute atomic E-state index is 0.0836. The van der Waals surface area contributed by atoms with Crippen molar-refractivity contribution >= 4 is 31.9 Å². The van der Waals surface area contributed by atoms with Crippen LogP contribution in [0.25, 0.3) is 0 Å². The van der Waals surface area contributed by atoms with Gasteiger partial charge in [-0.25, -0.2) is 8.42 Å². The summed E-state index contributed by atoms with van der Waals surface area (Å²) in [7, 11) is -3.96. The largest absolute Gasteiger partial charge is 0.494 e. The average Bonchev–Trinajstić information content (AvgIpc) is 2.81. The number of halogens is 1. The highest BCUT2D eigenvalue weighted by Gasteiger charge is 2.27. The van der Waals surface area contributed by atoms with Gasteiger partial charge in [0.1, 0.15) is 11.8 Å². The van der Waals surface area contributed by atoms with Crippen LogP contribution in [-0.4, -0.2) is 27.0 Å². The van der Waals surface area contributed by atoms with Crippen LogP contribution in [0.5, 0.6) is 5.75 Å². The van der Waals surface area contributed by atoms with Crippen LogP contribution in [-0.2, 0) is 21.2 Å². The molecule has 2 atom stereocenters. The van der Waals surface area contributed by atoms with Gasteiger partial charge in [0.2, 0.25) is 15.9 Å². The van der Waals surface area contributed by atoms with Gasteiger partial charge in [-0.05, 0) is 74.2 Å². The molecular weight excluding hydrogens is 516 g/mol. The molecule has 0 saturated heterocycles. The van der Waals surface area contributed by atoms with E-state index in [4.69, 9.17) is 4.74 Å². The highest BCUT2D eigenvalue weighted by Crippen LogP contribution is 2.22. The molecule has 0 unspecified atom stereocenters. The molecule has 0 spiro atoms. The second-order valence-electron chi connectivity index (χ2n) is 8.01. The Morgan fingerprint density at radius 2 is 1.71 bits per heavy atom. The molecule has 0 heterocycles. The molecule has 1 amide bonds. The molecule has 0 aliphatic rings. The number of ether oxygens (including phenoxy) is 1. The van der Waals surface area contributed by atoms with Crippen LogP contribution in [0, 0.1) is 6.92 Å². The first kappa shape index (κ1) is 25.9. The molecule has 34 heavy (non-hydrogen) atoms. The maximum absolute atomic E-state index is 13.2. The number of rotatable bonds is 10. The molecule has 0 radical (unpaired) electrons. The van der Waals surface area contributed by atoms with Crippen LogP contribution in [0.15, 0.2) is 82.2 Å². The Labute approximate surface area is 209 Å². The number of aryl methyl sites for hydroxylation is 1. The fourth-order valence-corrected chi connectivity index (χ4v) is 5.09. The first-order chi connectivity index (χ1) is 16.2. The zero-order valence-corrected chi connectivity index (χ0v) is 21.8. The number of nitrogens with one attached hydrogen (secondary N) is 2. The van der Waals surface area contributed by atoms with E-state index in [1.54, 1.807) is 19.1 Å². The molecule has 3 aromatic carbocycles. The summed E-state index contributed by atoms with van der Waals surface area (Å²) in [4.78, 5) is 13.3. The fourth-order valence-electron chi connectivity index (χ4n) is 3.55. The highest BCUT2D eigenvalue weighted by molar-refractivity contribution is 9.10. The van der Waals surface area contributed by atoms with Crippen molar-refractivity contribution in [3.63, 3.8) is 0 Å². The number of carbonyl (C=O) groups is 1. The summed E-state index contributed by atoms with van der Waals surface area (Å²) in [6.45, 7) is 6.01. The van der Waals surface area contributed by atoms with E-state index < -0.39 is 22.0 Å². The van der Waals surface area contributed by atoms with E-state index in [9.17, 15) is 13.2 Å². The highest BCUT2D eigenvalue weighted by atomic mass is 79.9. The molecule has 0 bridgehead atoms. The van der Waals surface area contributed by atoms with Crippen molar-refractivity contribution < 1.29 is 17.9 Å². The Balaban J connectivity index is 1.84. The maximum atomic E-state index is 13.2. The van der Waals surface area contributed by atoms with Gasteiger partial charge in [-0.15, -0.1) is 0 Å². The number of carbonyl (C=O) groups excluding carboxylic acids is 1. The standard InChI is InChI=1S/C26H29BrN2O4S/c1-4-33-25-15-14-23(16-18(25)2)34(31,32)29-24(17-20-8-6-5-7-9-20)26(30)28-19(3)21-10-12-22(27)13-11-21/h5-16,19,24,29H,4,17H2,1-3H3,(H,28,30)/t19-,24+/m1/s1. The summed E-state index contributed by atoms with van der Waals surface area (Å²) in [6.07, 6.45) is 0.217. The summed E-state index contributed by atoms with van der Waals surface area (Å²) in [6, 6.07) is 20.3. The van der Waals surface area contributed by atoms with Crippen molar-refractivity contribution in [1.82, 2.24) is 10.0 Å². The summed E-state index contributed by atoms with van der Waals surface area (Å²) in [5, 5.41) is 2.95. The van der Waals surface area contributed by atoms with Crippen molar-refractivity contribution in [2.24, 2.45) is 0 Å². The van der Waals surface area contributed by atoms with Crippen molar-refractivity contribution in [3.8, 4) is 5.75 Å². The van der Waals surface area contributed by atoms with Crippen LogP contribution >= 0.6 is 15.9 Å². The van der Waals surface area contributed by atoms with Crippen LogP contribution in [0.4, 0.5) is 0 Å². The molecule has 0 aliphatic heterocycles. The molecule has 6 nitrogen and oxygen atoms in total. The smallest absolute Gasteiger partial charge is 0.241 e. The van der Waals surface area contributed by atoms with E-state index in [-0.39, 0.29) is 17.4 Å². The molecule has 2 N–H and O–H groups in total. The molecule has 0 aliphatic carbocycles. The number of benzene rings is 3. The third kappa shape index (κ3) is 6.91. The van der Waals surface area contributed by atoms with Gasteiger partial charge in [-0.3, -0.25) is 4.79 Å². The summed E-state index contributed by atoms with van der Waals surface area (Å²) < 4.78 is 35.5. The van der Waals surface area contributed by atoms with Gasteiger partial charge in [-0.2, -0.15) is 4.72 Å². The van der Waals surface area contributed by atoms with E-state index in [0.29, 0.717) is 17.9 Å². The molecule has 0 fully saturated rings. The van der Waals surface area contributed by atoms with Crippen LogP contribution < -0.4 is 14.8 Å². The SMILES string of the molecule is CCOc1ccc(S(=O)(=O)N[C@@H](Cc2ccccc2)C(=O)N[C@H](C)c2ccc(Br)cc2)cc1C. The quantitative estimate of drug-likeness (QED) is 0.379. The Kier molecular flexibility index (Phi) is 8.88. The third-order valence-corrected chi connectivity index (χ3v) is 7.38. The average molecular weight is 545 g/mol. The zero-order chi connectivity index (χ0) is 24.7. The van der Waals surface area contributed by atoms with E-state index in [1.807, 2.05) is 68.4 Å².